The number of fused-ring (bicyclic) bond motifs is 1. The van der Waals surface area contributed by atoms with Crippen LogP contribution in [0.25, 0.3) is 16.9 Å². The molecule has 37 heavy (non-hydrogen) atoms. The Balaban J connectivity index is 0.000000458. The molecule has 0 saturated heterocycles. The summed E-state index contributed by atoms with van der Waals surface area (Å²) in [7, 11) is 0. The minimum Gasteiger partial charge on any atom is -0.359 e. The number of benzene rings is 1. The van der Waals surface area contributed by atoms with Gasteiger partial charge in [0.05, 0.1) is 28.2 Å². The SMILES string of the molecule is C=N/C(C)=C\C=C(/C)Nc1ccc2c(c1)ncn2-c1ccc(C(C)=O)c(C)n1.CCCC(C)(C#N)CC. The number of nitriles is 1. The van der Waals surface area contributed by atoms with Gasteiger partial charge in [0, 0.05) is 22.6 Å². The van der Waals surface area contributed by atoms with Gasteiger partial charge in [-0.3, -0.25) is 14.4 Å². The number of Topliss-reactive ketones (excluding diaryl/α,β-unsaturated/α-hetero) is 1. The van der Waals surface area contributed by atoms with Crippen molar-refractivity contribution < 1.29 is 4.79 Å². The molecule has 0 radical (unpaired) electrons. The Morgan fingerprint density at radius 2 is 1.95 bits per heavy atom. The van der Waals surface area contributed by atoms with Crippen LogP contribution in [0.15, 0.2) is 65.2 Å². The van der Waals surface area contributed by atoms with Crippen LogP contribution in [0, 0.1) is 23.7 Å². The molecule has 3 rings (SSSR count). The summed E-state index contributed by atoms with van der Waals surface area (Å²) in [5.74, 6) is 0.749. The molecular formula is C30H38N6O. The van der Waals surface area contributed by atoms with Gasteiger partial charge in [0.1, 0.15) is 12.1 Å². The smallest absolute Gasteiger partial charge is 0.161 e. The molecule has 0 saturated carbocycles. The van der Waals surface area contributed by atoms with Gasteiger partial charge in [0.15, 0.2) is 5.78 Å². The molecule has 0 aliphatic heterocycles. The van der Waals surface area contributed by atoms with E-state index in [2.05, 4.69) is 46.9 Å². The van der Waals surface area contributed by atoms with Gasteiger partial charge in [0.25, 0.3) is 0 Å². The second kappa shape index (κ2) is 13.3. The maximum atomic E-state index is 11.6. The highest BCUT2D eigenvalue weighted by Gasteiger charge is 2.18. The average molecular weight is 499 g/mol. The number of ketones is 1. The van der Waals surface area contributed by atoms with Gasteiger partial charge in [-0.25, -0.2) is 9.97 Å². The lowest BCUT2D eigenvalue weighted by Gasteiger charge is -2.16. The average Bonchev–Trinajstić information content (AvgIpc) is 3.30. The second-order valence-corrected chi connectivity index (χ2v) is 9.39. The molecule has 0 spiro atoms. The number of nitrogens with zero attached hydrogens (tertiary/aromatic N) is 5. The van der Waals surface area contributed by atoms with Gasteiger partial charge >= 0.3 is 0 Å². The highest BCUT2D eigenvalue weighted by molar-refractivity contribution is 5.95. The fourth-order valence-corrected chi connectivity index (χ4v) is 3.76. The van der Waals surface area contributed by atoms with Crippen molar-refractivity contribution in [3.63, 3.8) is 0 Å². The zero-order valence-corrected chi connectivity index (χ0v) is 23.1. The monoisotopic (exact) mass is 498 g/mol. The van der Waals surface area contributed by atoms with E-state index in [1.807, 2.05) is 74.7 Å². The Morgan fingerprint density at radius 1 is 1.22 bits per heavy atom. The van der Waals surface area contributed by atoms with Crippen LogP contribution in [0.1, 0.15) is 76.9 Å². The Bertz CT molecular complexity index is 1360. The van der Waals surface area contributed by atoms with E-state index in [-0.39, 0.29) is 11.2 Å². The van der Waals surface area contributed by atoms with Crippen molar-refractivity contribution in [2.45, 2.75) is 67.7 Å². The number of carbonyl (C=O) groups is 1. The molecule has 1 atom stereocenters. The minimum atomic E-state index is -0.0608. The number of pyridine rings is 1. The summed E-state index contributed by atoms with van der Waals surface area (Å²) in [6, 6.07) is 12.0. The zero-order chi connectivity index (χ0) is 27.6. The molecular weight excluding hydrogens is 460 g/mol. The molecule has 194 valence electrons. The maximum Gasteiger partial charge on any atom is 0.161 e. The Hall–Kier alpha value is -4.05. The topological polar surface area (TPSA) is 96.0 Å². The lowest BCUT2D eigenvalue weighted by molar-refractivity contribution is 0.101. The number of allylic oxidation sites excluding steroid dienone is 4. The first-order valence-electron chi connectivity index (χ1n) is 12.5. The zero-order valence-electron chi connectivity index (χ0n) is 23.1. The van der Waals surface area contributed by atoms with Crippen molar-refractivity contribution in [2.24, 2.45) is 10.4 Å². The van der Waals surface area contributed by atoms with E-state index in [1.165, 1.54) is 0 Å². The van der Waals surface area contributed by atoms with E-state index >= 15 is 0 Å². The minimum absolute atomic E-state index is 0.0140. The number of aliphatic imine (C=N–C) groups is 1. The van der Waals surface area contributed by atoms with Crippen LogP contribution in [-0.2, 0) is 0 Å². The van der Waals surface area contributed by atoms with Gasteiger partial charge in [0.2, 0.25) is 0 Å². The predicted molar refractivity (Wildman–Crippen MR) is 153 cm³/mol. The van der Waals surface area contributed by atoms with Crippen LogP contribution >= 0.6 is 0 Å². The summed E-state index contributed by atoms with van der Waals surface area (Å²) in [5.41, 5.74) is 5.87. The molecule has 0 bridgehead atoms. The number of rotatable bonds is 9. The van der Waals surface area contributed by atoms with Gasteiger partial charge in [-0.05, 0) is 96.7 Å². The van der Waals surface area contributed by atoms with Crippen molar-refractivity contribution in [3.05, 3.63) is 71.5 Å². The lowest BCUT2D eigenvalue weighted by Crippen LogP contribution is -2.10. The number of hydrogen-bond acceptors (Lipinski definition) is 6. The second-order valence-electron chi connectivity index (χ2n) is 9.39. The van der Waals surface area contributed by atoms with Crippen molar-refractivity contribution in [1.82, 2.24) is 14.5 Å². The Labute approximate surface area is 220 Å². The standard InChI is InChI=1S/C22H23N5O.C8H15N/c1-14(23-5)6-7-15(2)25-18-8-10-21-20(12-18)24-13-27(21)22-11-9-19(17(4)28)16(3)26-22;1-4-6-8(3,5-2)7-9/h6-13,25H,5H2,1-4H3;4-6H2,1-3H3/b14-6-,15-7+;. The van der Waals surface area contributed by atoms with Crippen LogP contribution in [-0.4, -0.2) is 27.0 Å². The third-order valence-corrected chi connectivity index (χ3v) is 6.26. The Morgan fingerprint density at radius 3 is 2.49 bits per heavy atom. The van der Waals surface area contributed by atoms with E-state index in [4.69, 9.17) is 5.26 Å². The number of imidazole rings is 1. The quantitative estimate of drug-likeness (QED) is 0.186. The van der Waals surface area contributed by atoms with E-state index in [1.54, 1.807) is 13.3 Å². The first-order valence-corrected chi connectivity index (χ1v) is 12.5. The van der Waals surface area contributed by atoms with Crippen LogP contribution in [0.3, 0.4) is 0 Å². The summed E-state index contributed by atoms with van der Waals surface area (Å²) in [4.78, 5) is 24.5. The van der Waals surface area contributed by atoms with Gasteiger partial charge < -0.3 is 5.32 Å². The van der Waals surface area contributed by atoms with Gasteiger partial charge in [-0.1, -0.05) is 20.3 Å². The summed E-state index contributed by atoms with van der Waals surface area (Å²) >= 11 is 0. The van der Waals surface area contributed by atoms with E-state index in [0.29, 0.717) is 11.3 Å². The molecule has 2 aromatic heterocycles. The third-order valence-electron chi connectivity index (χ3n) is 6.26. The fourth-order valence-electron chi connectivity index (χ4n) is 3.76. The number of anilines is 1. The lowest BCUT2D eigenvalue weighted by atomic mass is 9.85. The van der Waals surface area contributed by atoms with E-state index in [9.17, 15) is 4.79 Å². The summed E-state index contributed by atoms with van der Waals surface area (Å²) in [6.07, 6.45) is 8.71. The molecule has 1 unspecified atom stereocenters. The molecule has 1 aromatic carbocycles. The number of nitrogens with one attached hydrogen (secondary N) is 1. The van der Waals surface area contributed by atoms with Gasteiger partial charge in [-0.15, -0.1) is 0 Å². The number of aromatic nitrogens is 3. The third kappa shape index (κ3) is 7.97. The molecule has 0 amide bonds. The number of aryl methyl sites for hydroxylation is 1. The largest absolute Gasteiger partial charge is 0.359 e. The van der Waals surface area contributed by atoms with Crippen molar-refractivity contribution in [2.75, 3.05) is 5.32 Å². The molecule has 7 heteroatoms. The van der Waals surface area contributed by atoms with Crippen LogP contribution in [0.5, 0.6) is 0 Å². The highest BCUT2D eigenvalue weighted by Crippen LogP contribution is 2.25. The molecule has 0 aliphatic rings. The summed E-state index contributed by atoms with van der Waals surface area (Å²) in [5, 5.41) is 12.0. The molecule has 3 aromatic rings. The fraction of sp³-hybridized carbons (Fsp3) is 0.367. The highest BCUT2D eigenvalue weighted by atomic mass is 16.1. The van der Waals surface area contributed by atoms with Crippen molar-refractivity contribution >= 4 is 29.2 Å². The number of hydrogen-bond donors (Lipinski definition) is 1. The molecule has 0 fully saturated rings. The predicted octanol–water partition coefficient (Wildman–Crippen LogP) is 7.58. The van der Waals surface area contributed by atoms with Crippen molar-refractivity contribution in [3.8, 4) is 11.9 Å². The van der Waals surface area contributed by atoms with Gasteiger partial charge in [-0.2, -0.15) is 5.26 Å². The van der Waals surface area contributed by atoms with Crippen molar-refractivity contribution in [1.29, 1.82) is 5.26 Å². The summed E-state index contributed by atoms with van der Waals surface area (Å²) < 4.78 is 1.92. The molecule has 0 aliphatic carbocycles. The van der Waals surface area contributed by atoms with Crippen LogP contribution in [0.4, 0.5) is 5.69 Å². The normalized spacial score (nSPS) is 13.2. The van der Waals surface area contributed by atoms with Crippen LogP contribution in [0.2, 0.25) is 0 Å². The summed E-state index contributed by atoms with van der Waals surface area (Å²) in [6.45, 7) is 17.0. The van der Waals surface area contributed by atoms with E-state index < -0.39 is 0 Å². The molecule has 7 nitrogen and oxygen atoms in total. The maximum absolute atomic E-state index is 11.6. The van der Waals surface area contributed by atoms with Crippen LogP contribution < -0.4 is 5.32 Å². The first-order chi connectivity index (χ1) is 17.6. The molecule has 2 heterocycles. The first kappa shape index (κ1) is 29.2. The Kier molecular flexibility index (Phi) is 10.5. The number of carbonyl (C=O) groups excluding carboxylic acids is 1. The van der Waals surface area contributed by atoms with E-state index in [0.717, 1.165) is 53.2 Å². The molecule has 1 N–H and O–H groups in total.